The van der Waals surface area contributed by atoms with Gasteiger partial charge in [-0.05, 0) is 38.3 Å². The molecule has 0 bridgehead atoms. The number of anilines is 1. The van der Waals surface area contributed by atoms with E-state index < -0.39 is 0 Å². The predicted octanol–water partition coefficient (Wildman–Crippen LogP) is 3.52. The summed E-state index contributed by atoms with van der Waals surface area (Å²) >= 11 is 5.75. The van der Waals surface area contributed by atoms with E-state index in [1.807, 2.05) is 36.1 Å². The number of benzene rings is 1. The zero-order valence-electron chi connectivity index (χ0n) is 12.1. The molecule has 0 radical (unpaired) electrons. The number of halogens is 1. The molecule has 1 amide bonds. The van der Waals surface area contributed by atoms with Gasteiger partial charge in [-0.25, -0.2) is 0 Å². The quantitative estimate of drug-likeness (QED) is 0.778. The zero-order chi connectivity index (χ0) is 14.5. The lowest BCUT2D eigenvalue weighted by Crippen LogP contribution is -2.45. The summed E-state index contributed by atoms with van der Waals surface area (Å²) in [4.78, 5) is 14.4. The predicted molar refractivity (Wildman–Crippen MR) is 82.4 cm³/mol. The second kappa shape index (κ2) is 7.09. The lowest BCUT2D eigenvalue weighted by molar-refractivity contribution is -0.119. The lowest BCUT2D eigenvalue weighted by atomic mass is 10.1. The highest BCUT2D eigenvalue weighted by Crippen LogP contribution is 2.31. The van der Waals surface area contributed by atoms with Crippen molar-refractivity contribution in [3.05, 3.63) is 29.8 Å². The average Bonchev–Trinajstić information content (AvgIpc) is 2.90. The molecule has 1 aromatic carbocycles. The van der Waals surface area contributed by atoms with Gasteiger partial charge in [0.25, 0.3) is 0 Å². The third-order valence-electron chi connectivity index (χ3n) is 3.94. The monoisotopic (exact) mass is 295 g/mol. The Morgan fingerprint density at radius 3 is 2.65 bits per heavy atom. The molecule has 0 saturated heterocycles. The van der Waals surface area contributed by atoms with Gasteiger partial charge in [0.05, 0.1) is 12.1 Å². The van der Waals surface area contributed by atoms with Crippen molar-refractivity contribution in [2.45, 2.75) is 44.8 Å². The van der Waals surface area contributed by atoms with Gasteiger partial charge in [-0.1, -0.05) is 17.7 Å². The number of nitrogens with zero attached hydrogens (tertiary/aromatic N) is 1. The average molecular weight is 296 g/mol. The van der Waals surface area contributed by atoms with E-state index in [0.717, 1.165) is 24.9 Å². The van der Waals surface area contributed by atoms with E-state index in [1.54, 1.807) is 7.11 Å². The second-order valence-corrected chi connectivity index (χ2v) is 5.69. The van der Waals surface area contributed by atoms with E-state index in [-0.39, 0.29) is 18.1 Å². The molecule has 1 fully saturated rings. The van der Waals surface area contributed by atoms with Gasteiger partial charge in [-0.15, -0.1) is 11.6 Å². The molecule has 20 heavy (non-hydrogen) atoms. The molecule has 0 aromatic heterocycles. The number of hydrogen-bond donors (Lipinski definition) is 0. The molecule has 0 N–H and O–H groups in total. The summed E-state index contributed by atoms with van der Waals surface area (Å²) in [5.74, 6) is 0.434. The number of carbonyl (C=O) groups excluding carboxylic acids is 1. The van der Waals surface area contributed by atoms with Crippen molar-refractivity contribution in [2.24, 2.45) is 0 Å². The van der Waals surface area contributed by atoms with Crippen molar-refractivity contribution in [3.8, 4) is 0 Å². The van der Waals surface area contributed by atoms with E-state index in [1.165, 1.54) is 5.56 Å². The molecule has 1 aliphatic carbocycles. The van der Waals surface area contributed by atoms with Crippen LogP contribution in [0.4, 0.5) is 5.69 Å². The second-order valence-electron chi connectivity index (χ2n) is 5.31. The van der Waals surface area contributed by atoms with Crippen LogP contribution in [0.1, 0.15) is 31.2 Å². The maximum atomic E-state index is 12.5. The number of aryl methyl sites for hydroxylation is 1. The van der Waals surface area contributed by atoms with Crippen LogP contribution in [0.5, 0.6) is 0 Å². The first-order valence-corrected chi connectivity index (χ1v) is 7.68. The van der Waals surface area contributed by atoms with Gasteiger partial charge in [-0.3, -0.25) is 4.79 Å². The number of hydrogen-bond acceptors (Lipinski definition) is 2. The topological polar surface area (TPSA) is 29.5 Å². The molecule has 110 valence electrons. The normalized spacial score (nSPS) is 21.9. The molecule has 0 heterocycles. The number of amides is 1. The van der Waals surface area contributed by atoms with Crippen molar-refractivity contribution >= 4 is 23.2 Å². The first-order valence-electron chi connectivity index (χ1n) is 7.15. The summed E-state index contributed by atoms with van der Waals surface area (Å²) in [6, 6.07) is 8.21. The third kappa shape index (κ3) is 3.33. The van der Waals surface area contributed by atoms with E-state index >= 15 is 0 Å². The fraction of sp³-hybridized carbons (Fsp3) is 0.562. The maximum Gasteiger partial charge on any atom is 0.228 e. The molecule has 3 nitrogen and oxygen atoms in total. The highest BCUT2D eigenvalue weighted by atomic mass is 35.5. The Morgan fingerprint density at radius 2 is 2.05 bits per heavy atom. The van der Waals surface area contributed by atoms with Gasteiger partial charge in [0.2, 0.25) is 5.91 Å². The van der Waals surface area contributed by atoms with E-state index in [4.69, 9.17) is 16.3 Å². The molecule has 1 saturated carbocycles. The van der Waals surface area contributed by atoms with E-state index in [9.17, 15) is 4.79 Å². The van der Waals surface area contributed by atoms with Crippen LogP contribution >= 0.6 is 11.6 Å². The number of rotatable bonds is 5. The molecule has 4 heteroatoms. The van der Waals surface area contributed by atoms with Crippen LogP contribution < -0.4 is 4.90 Å². The lowest BCUT2D eigenvalue weighted by Gasteiger charge is -2.32. The molecule has 2 atom stereocenters. The molecule has 1 aliphatic rings. The Hall–Kier alpha value is -1.06. The van der Waals surface area contributed by atoms with Crippen molar-refractivity contribution in [1.82, 2.24) is 0 Å². The van der Waals surface area contributed by atoms with Gasteiger partial charge in [0.1, 0.15) is 0 Å². The zero-order valence-corrected chi connectivity index (χ0v) is 12.9. The molecule has 1 aromatic rings. The van der Waals surface area contributed by atoms with Crippen molar-refractivity contribution in [1.29, 1.82) is 0 Å². The maximum absolute atomic E-state index is 12.5. The van der Waals surface area contributed by atoms with E-state index in [0.29, 0.717) is 12.3 Å². The summed E-state index contributed by atoms with van der Waals surface area (Å²) in [5, 5.41) is 0. The summed E-state index contributed by atoms with van der Waals surface area (Å²) in [6.07, 6.45) is 3.58. The van der Waals surface area contributed by atoms with Gasteiger partial charge >= 0.3 is 0 Å². The van der Waals surface area contributed by atoms with Crippen LogP contribution in [0.3, 0.4) is 0 Å². The number of alkyl halides is 1. The fourth-order valence-corrected chi connectivity index (χ4v) is 3.07. The van der Waals surface area contributed by atoms with E-state index in [2.05, 4.69) is 0 Å². The van der Waals surface area contributed by atoms with Crippen LogP contribution in [-0.4, -0.2) is 31.0 Å². The van der Waals surface area contributed by atoms with Gasteiger partial charge in [0, 0.05) is 25.1 Å². The van der Waals surface area contributed by atoms with Gasteiger partial charge < -0.3 is 9.64 Å². The molecule has 2 rings (SSSR count). The molecule has 0 aliphatic heterocycles. The summed E-state index contributed by atoms with van der Waals surface area (Å²) in [5.41, 5.74) is 2.13. The van der Waals surface area contributed by atoms with Crippen LogP contribution in [0, 0.1) is 6.92 Å². The molecule has 2 unspecified atom stereocenters. The Kier molecular flexibility index (Phi) is 5.44. The first-order chi connectivity index (χ1) is 9.67. The van der Waals surface area contributed by atoms with Crippen molar-refractivity contribution in [2.75, 3.05) is 17.9 Å². The van der Waals surface area contributed by atoms with Crippen LogP contribution in [0.2, 0.25) is 0 Å². The summed E-state index contributed by atoms with van der Waals surface area (Å²) < 4.78 is 5.55. The molecule has 0 spiro atoms. The Labute approximate surface area is 125 Å². The number of methoxy groups -OCH3 is 1. The highest BCUT2D eigenvalue weighted by Gasteiger charge is 2.35. The minimum atomic E-state index is 0.0813. The minimum Gasteiger partial charge on any atom is -0.379 e. The Balaban J connectivity index is 2.29. The first kappa shape index (κ1) is 15.3. The van der Waals surface area contributed by atoms with Crippen LogP contribution in [0.25, 0.3) is 0 Å². The molecular formula is C16H22ClNO2. The van der Waals surface area contributed by atoms with Crippen LogP contribution in [0.15, 0.2) is 24.3 Å². The third-order valence-corrected chi connectivity index (χ3v) is 4.13. The molecular weight excluding hydrogens is 274 g/mol. The van der Waals surface area contributed by atoms with Gasteiger partial charge in [-0.2, -0.15) is 0 Å². The van der Waals surface area contributed by atoms with Crippen molar-refractivity contribution in [3.63, 3.8) is 0 Å². The highest BCUT2D eigenvalue weighted by molar-refractivity contribution is 6.19. The number of carbonyl (C=O) groups is 1. The van der Waals surface area contributed by atoms with Crippen LogP contribution in [-0.2, 0) is 9.53 Å². The largest absolute Gasteiger partial charge is 0.379 e. The van der Waals surface area contributed by atoms with Gasteiger partial charge in [0.15, 0.2) is 0 Å². The SMILES string of the molecule is COC1CCCC1N(C(=O)CCCl)c1ccc(C)cc1. The Morgan fingerprint density at radius 1 is 1.35 bits per heavy atom. The summed E-state index contributed by atoms with van der Waals surface area (Å²) in [6.45, 7) is 2.04. The van der Waals surface area contributed by atoms with Crippen molar-refractivity contribution < 1.29 is 9.53 Å². The smallest absolute Gasteiger partial charge is 0.228 e. The Bertz CT molecular complexity index is 446. The number of ether oxygens (including phenoxy) is 1. The standard InChI is InChI=1S/C16H22ClNO2/c1-12-6-8-13(9-7-12)18(16(19)10-11-17)14-4-3-5-15(14)20-2/h6-9,14-15H,3-5,10-11H2,1-2H3. The minimum absolute atomic E-state index is 0.0813. The summed E-state index contributed by atoms with van der Waals surface area (Å²) in [7, 11) is 1.72. The fourth-order valence-electron chi connectivity index (χ4n) is 2.90.